The topological polar surface area (TPSA) is 24.7 Å². The first-order chi connectivity index (χ1) is 8.14. The molecule has 0 N–H and O–H groups in total. The molecule has 0 amide bonds. The number of rotatable bonds is 2. The molecule has 98 valence electrons. The molecular formula is C13H15F3N2. The number of hydrogen-bond donors (Lipinski definition) is 0. The summed E-state index contributed by atoms with van der Waals surface area (Å²) in [6, 6.07) is 6.37. The van der Waals surface area contributed by atoms with Crippen LogP contribution in [0.25, 0.3) is 0 Å². The van der Waals surface area contributed by atoms with Gasteiger partial charge in [-0.25, -0.2) is 0 Å². The van der Waals surface area contributed by atoms with Crippen molar-refractivity contribution in [1.82, 2.24) is 0 Å². The second kappa shape index (κ2) is 3.80. The Kier molecular flexibility index (Phi) is 2.76. The van der Waals surface area contributed by atoms with E-state index in [0.29, 0.717) is 0 Å². The van der Waals surface area contributed by atoms with Crippen molar-refractivity contribution in [3.05, 3.63) is 35.4 Å². The number of hydrogen-bond acceptors (Lipinski definition) is 2. The van der Waals surface area contributed by atoms with Gasteiger partial charge in [-0.1, -0.05) is 45.0 Å². The first kappa shape index (κ1) is 13.1. The molecule has 0 radical (unpaired) electrons. The van der Waals surface area contributed by atoms with Crippen molar-refractivity contribution in [3.63, 3.8) is 0 Å². The lowest BCUT2D eigenvalue weighted by Crippen LogP contribution is -2.30. The van der Waals surface area contributed by atoms with Crippen molar-refractivity contribution >= 4 is 0 Å². The highest BCUT2D eigenvalue weighted by Crippen LogP contribution is 2.52. The predicted molar refractivity (Wildman–Crippen MR) is 62.2 cm³/mol. The minimum Gasteiger partial charge on any atom is -0.166 e. The molecule has 1 heterocycles. The first-order valence-electron chi connectivity index (χ1n) is 5.74. The molecule has 0 aromatic heterocycles. The van der Waals surface area contributed by atoms with Gasteiger partial charge in [0.1, 0.15) is 0 Å². The zero-order valence-electron chi connectivity index (χ0n) is 10.5. The summed E-state index contributed by atoms with van der Waals surface area (Å²) in [5, 5.41) is 6.36. The third-order valence-corrected chi connectivity index (χ3v) is 2.79. The van der Waals surface area contributed by atoms with E-state index in [1.54, 1.807) is 12.1 Å². The highest BCUT2D eigenvalue weighted by Gasteiger charge is 2.65. The molecule has 1 aromatic carbocycles. The Morgan fingerprint density at radius 2 is 1.50 bits per heavy atom. The second-order valence-electron chi connectivity index (χ2n) is 5.80. The zero-order chi connectivity index (χ0) is 13.6. The van der Waals surface area contributed by atoms with E-state index in [1.165, 1.54) is 12.1 Å². The fraction of sp³-hybridized carbons (Fsp3) is 0.538. The summed E-state index contributed by atoms with van der Waals surface area (Å²) in [7, 11) is 0. The quantitative estimate of drug-likeness (QED) is 0.746. The van der Waals surface area contributed by atoms with Crippen LogP contribution in [0, 0.1) is 5.41 Å². The minimum absolute atomic E-state index is 0.0904. The normalized spacial score (nSPS) is 17.9. The van der Waals surface area contributed by atoms with Crippen molar-refractivity contribution in [1.29, 1.82) is 0 Å². The van der Waals surface area contributed by atoms with Crippen molar-refractivity contribution < 1.29 is 13.2 Å². The van der Waals surface area contributed by atoms with Crippen LogP contribution in [-0.2, 0) is 12.1 Å². The smallest absolute Gasteiger partial charge is 0.166 e. The maximum atomic E-state index is 12.8. The van der Waals surface area contributed by atoms with E-state index < -0.39 is 11.8 Å². The maximum absolute atomic E-state index is 12.8. The van der Waals surface area contributed by atoms with Crippen LogP contribution in [0.1, 0.15) is 31.9 Å². The SMILES string of the molecule is CC(C)(C)Cc1ccc(C2(C(F)(F)F)N=N2)cc1. The van der Waals surface area contributed by atoms with Gasteiger partial charge in [0.25, 0.3) is 0 Å². The lowest BCUT2D eigenvalue weighted by atomic mass is 9.87. The molecule has 0 aliphatic carbocycles. The van der Waals surface area contributed by atoms with Gasteiger partial charge in [0, 0.05) is 5.56 Å². The summed E-state index contributed by atoms with van der Waals surface area (Å²) in [5.41, 5.74) is -1.08. The van der Waals surface area contributed by atoms with Crippen LogP contribution in [0.3, 0.4) is 0 Å². The van der Waals surface area contributed by atoms with Crippen LogP contribution in [0.15, 0.2) is 34.5 Å². The van der Waals surface area contributed by atoms with Crippen molar-refractivity contribution in [2.75, 3.05) is 0 Å². The van der Waals surface area contributed by atoms with Gasteiger partial charge in [-0.3, -0.25) is 0 Å². The molecule has 5 heteroatoms. The van der Waals surface area contributed by atoms with Gasteiger partial charge in [-0.05, 0) is 17.4 Å². The van der Waals surface area contributed by atoms with Gasteiger partial charge < -0.3 is 0 Å². The summed E-state index contributed by atoms with van der Waals surface area (Å²) in [6.45, 7) is 6.26. The molecule has 0 saturated heterocycles. The molecule has 0 spiro atoms. The molecule has 0 saturated carbocycles. The standard InChI is InChI=1S/C13H15F3N2/c1-11(2,3)8-9-4-6-10(7-5-9)12(17-18-12)13(14,15)16/h4-7H,8H2,1-3H3. The molecule has 0 fully saturated rings. The summed E-state index contributed by atoms with van der Waals surface area (Å²) in [4.78, 5) is 0. The Balaban J connectivity index is 2.19. The molecule has 1 aliphatic rings. The maximum Gasteiger partial charge on any atom is 0.442 e. The average molecular weight is 256 g/mol. The Morgan fingerprint density at radius 3 is 1.83 bits per heavy atom. The van der Waals surface area contributed by atoms with Gasteiger partial charge in [0.15, 0.2) is 0 Å². The fourth-order valence-corrected chi connectivity index (χ4v) is 1.91. The zero-order valence-corrected chi connectivity index (χ0v) is 10.5. The van der Waals surface area contributed by atoms with Crippen LogP contribution in [0.4, 0.5) is 13.2 Å². The van der Waals surface area contributed by atoms with E-state index in [1.807, 2.05) is 0 Å². The number of nitrogens with zero attached hydrogens (tertiary/aromatic N) is 2. The van der Waals surface area contributed by atoms with Crippen molar-refractivity contribution in [2.45, 2.75) is 39.0 Å². The Labute approximate surface area is 104 Å². The molecule has 18 heavy (non-hydrogen) atoms. The monoisotopic (exact) mass is 256 g/mol. The largest absolute Gasteiger partial charge is 0.442 e. The number of alkyl halides is 3. The van der Waals surface area contributed by atoms with E-state index in [2.05, 4.69) is 31.0 Å². The van der Waals surface area contributed by atoms with E-state index in [0.717, 1.165) is 12.0 Å². The van der Waals surface area contributed by atoms with Crippen LogP contribution in [-0.4, -0.2) is 6.18 Å². The molecule has 0 atom stereocenters. The predicted octanol–water partition coefficient (Wildman–Crippen LogP) is 4.46. The van der Waals surface area contributed by atoms with Gasteiger partial charge in [-0.2, -0.15) is 13.2 Å². The van der Waals surface area contributed by atoms with E-state index in [9.17, 15) is 13.2 Å². The lowest BCUT2D eigenvalue weighted by Gasteiger charge is -2.19. The van der Waals surface area contributed by atoms with Gasteiger partial charge in [-0.15, -0.1) is 10.2 Å². The van der Waals surface area contributed by atoms with Crippen LogP contribution >= 0.6 is 0 Å². The van der Waals surface area contributed by atoms with Crippen LogP contribution < -0.4 is 0 Å². The fourth-order valence-electron chi connectivity index (χ4n) is 1.91. The van der Waals surface area contributed by atoms with Crippen LogP contribution in [0.2, 0.25) is 0 Å². The summed E-state index contributed by atoms with van der Waals surface area (Å²) < 4.78 is 38.3. The molecule has 0 bridgehead atoms. The second-order valence-corrected chi connectivity index (χ2v) is 5.80. The number of benzene rings is 1. The molecule has 1 aliphatic heterocycles. The molecular weight excluding hydrogens is 241 g/mol. The van der Waals surface area contributed by atoms with E-state index >= 15 is 0 Å². The molecule has 2 nitrogen and oxygen atoms in total. The van der Waals surface area contributed by atoms with E-state index in [-0.39, 0.29) is 11.0 Å². The molecule has 1 aromatic rings. The molecule has 0 unspecified atom stereocenters. The van der Waals surface area contributed by atoms with Gasteiger partial charge in [0.2, 0.25) is 0 Å². The summed E-state index contributed by atoms with van der Waals surface area (Å²) in [6.07, 6.45) is -3.63. The highest BCUT2D eigenvalue weighted by molar-refractivity contribution is 5.32. The minimum atomic E-state index is -4.45. The van der Waals surface area contributed by atoms with Crippen molar-refractivity contribution in [3.8, 4) is 0 Å². The summed E-state index contributed by atoms with van der Waals surface area (Å²) >= 11 is 0. The first-order valence-corrected chi connectivity index (χ1v) is 5.74. The Morgan fingerprint density at radius 1 is 1.00 bits per heavy atom. The lowest BCUT2D eigenvalue weighted by molar-refractivity contribution is -0.166. The van der Waals surface area contributed by atoms with Crippen LogP contribution in [0.5, 0.6) is 0 Å². The Hall–Kier alpha value is -1.39. The third kappa shape index (κ3) is 2.40. The highest BCUT2D eigenvalue weighted by atomic mass is 19.4. The Bertz CT molecular complexity index is 460. The van der Waals surface area contributed by atoms with Gasteiger partial charge in [0.05, 0.1) is 0 Å². The third-order valence-electron chi connectivity index (χ3n) is 2.79. The van der Waals surface area contributed by atoms with Gasteiger partial charge >= 0.3 is 11.8 Å². The average Bonchev–Trinajstić information content (AvgIpc) is 2.95. The van der Waals surface area contributed by atoms with E-state index in [4.69, 9.17) is 0 Å². The molecule has 2 rings (SSSR count). The van der Waals surface area contributed by atoms with Crippen molar-refractivity contribution in [2.24, 2.45) is 15.6 Å². The number of halogens is 3. The summed E-state index contributed by atoms with van der Waals surface area (Å²) in [5.74, 6) is 0.